The molecule has 0 atom stereocenters. The number of halogens is 3. The SMILES string of the molecule is CCCOc1ccc(C=NNc2ccc(C(F)(F)F)cc2)cc1OCC. The first-order chi connectivity index (χ1) is 12.4. The van der Waals surface area contributed by atoms with Gasteiger partial charge in [-0.05, 0) is 61.4 Å². The van der Waals surface area contributed by atoms with Crippen molar-refractivity contribution in [1.82, 2.24) is 0 Å². The van der Waals surface area contributed by atoms with Gasteiger partial charge in [-0.15, -0.1) is 0 Å². The van der Waals surface area contributed by atoms with E-state index in [1.165, 1.54) is 12.1 Å². The molecule has 0 fully saturated rings. The minimum absolute atomic E-state index is 0.460. The van der Waals surface area contributed by atoms with Crippen molar-refractivity contribution in [2.75, 3.05) is 18.6 Å². The van der Waals surface area contributed by atoms with Crippen molar-refractivity contribution in [1.29, 1.82) is 0 Å². The smallest absolute Gasteiger partial charge is 0.416 e. The fourth-order valence-electron chi connectivity index (χ4n) is 2.12. The van der Waals surface area contributed by atoms with E-state index in [9.17, 15) is 13.2 Å². The minimum atomic E-state index is -4.35. The monoisotopic (exact) mass is 366 g/mol. The lowest BCUT2D eigenvalue weighted by Crippen LogP contribution is -2.04. The molecule has 0 amide bonds. The van der Waals surface area contributed by atoms with E-state index in [0.29, 0.717) is 30.4 Å². The summed E-state index contributed by atoms with van der Waals surface area (Å²) in [5, 5.41) is 4.04. The minimum Gasteiger partial charge on any atom is -0.490 e. The Morgan fingerprint density at radius 3 is 2.35 bits per heavy atom. The quantitative estimate of drug-likeness (QED) is 0.507. The predicted molar refractivity (Wildman–Crippen MR) is 96.1 cm³/mol. The summed E-state index contributed by atoms with van der Waals surface area (Å²) >= 11 is 0. The Hall–Kier alpha value is -2.70. The number of hydrogen-bond acceptors (Lipinski definition) is 4. The Kier molecular flexibility index (Phi) is 6.89. The molecule has 2 rings (SSSR count). The summed E-state index contributed by atoms with van der Waals surface area (Å²) in [6, 6.07) is 10.1. The Labute approximate surface area is 150 Å². The van der Waals surface area contributed by atoms with E-state index >= 15 is 0 Å². The lowest BCUT2D eigenvalue weighted by atomic mass is 10.2. The normalized spacial score (nSPS) is 11.6. The second-order valence-electron chi connectivity index (χ2n) is 5.43. The van der Waals surface area contributed by atoms with Gasteiger partial charge in [0.25, 0.3) is 0 Å². The molecule has 0 aliphatic heterocycles. The summed E-state index contributed by atoms with van der Waals surface area (Å²) in [6.07, 6.45) is -1.89. The second-order valence-corrected chi connectivity index (χ2v) is 5.43. The zero-order valence-electron chi connectivity index (χ0n) is 14.6. The summed E-state index contributed by atoms with van der Waals surface area (Å²) < 4.78 is 48.8. The van der Waals surface area contributed by atoms with E-state index in [1.807, 2.05) is 19.9 Å². The van der Waals surface area contributed by atoms with Crippen LogP contribution in [0.2, 0.25) is 0 Å². The highest BCUT2D eigenvalue weighted by molar-refractivity contribution is 5.81. The Morgan fingerprint density at radius 2 is 1.73 bits per heavy atom. The first kappa shape index (κ1) is 19.6. The molecular weight excluding hydrogens is 345 g/mol. The van der Waals surface area contributed by atoms with Crippen LogP contribution in [-0.4, -0.2) is 19.4 Å². The lowest BCUT2D eigenvalue weighted by molar-refractivity contribution is -0.137. The van der Waals surface area contributed by atoms with Gasteiger partial charge < -0.3 is 9.47 Å². The fourth-order valence-corrected chi connectivity index (χ4v) is 2.12. The first-order valence-electron chi connectivity index (χ1n) is 8.30. The van der Waals surface area contributed by atoms with Crippen LogP contribution in [0.1, 0.15) is 31.4 Å². The van der Waals surface area contributed by atoms with Crippen LogP contribution in [-0.2, 0) is 6.18 Å². The maximum Gasteiger partial charge on any atom is 0.416 e. The number of benzene rings is 2. The van der Waals surface area contributed by atoms with Crippen molar-refractivity contribution >= 4 is 11.9 Å². The van der Waals surface area contributed by atoms with Crippen LogP contribution in [0.25, 0.3) is 0 Å². The molecule has 0 bridgehead atoms. The van der Waals surface area contributed by atoms with Gasteiger partial charge in [0.05, 0.1) is 30.7 Å². The number of ether oxygens (including phenoxy) is 2. The molecule has 0 unspecified atom stereocenters. The van der Waals surface area contributed by atoms with E-state index in [4.69, 9.17) is 9.47 Å². The van der Waals surface area contributed by atoms with Gasteiger partial charge in [-0.1, -0.05) is 6.92 Å². The van der Waals surface area contributed by atoms with Gasteiger partial charge in [0.2, 0.25) is 0 Å². The molecule has 0 spiro atoms. The van der Waals surface area contributed by atoms with E-state index in [2.05, 4.69) is 10.5 Å². The number of hydrogen-bond donors (Lipinski definition) is 1. The van der Waals surface area contributed by atoms with Gasteiger partial charge in [-0.3, -0.25) is 5.43 Å². The van der Waals surface area contributed by atoms with Crippen LogP contribution in [0.3, 0.4) is 0 Å². The zero-order valence-corrected chi connectivity index (χ0v) is 14.6. The van der Waals surface area contributed by atoms with Crippen molar-refractivity contribution < 1.29 is 22.6 Å². The van der Waals surface area contributed by atoms with Gasteiger partial charge in [0.1, 0.15) is 0 Å². The van der Waals surface area contributed by atoms with Gasteiger partial charge in [0, 0.05) is 0 Å². The third-order valence-electron chi connectivity index (χ3n) is 3.35. The number of nitrogens with one attached hydrogen (secondary N) is 1. The van der Waals surface area contributed by atoms with Crippen LogP contribution in [0.4, 0.5) is 18.9 Å². The van der Waals surface area contributed by atoms with Gasteiger partial charge in [0.15, 0.2) is 11.5 Å². The molecule has 0 radical (unpaired) electrons. The van der Waals surface area contributed by atoms with Gasteiger partial charge in [-0.2, -0.15) is 18.3 Å². The largest absolute Gasteiger partial charge is 0.490 e. The van der Waals surface area contributed by atoms with E-state index in [1.54, 1.807) is 18.3 Å². The van der Waals surface area contributed by atoms with Crippen molar-refractivity contribution in [3.63, 3.8) is 0 Å². The molecule has 0 saturated carbocycles. The maximum atomic E-state index is 12.5. The summed E-state index contributed by atoms with van der Waals surface area (Å²) in [4.78, 5) is 0. The van der Waals surface area contributed by atoms with Crippen molar-refractivity contribution in [2.45, 2.75) is 26.4 Å². The molecule has 140 valence electrons. The molecule has 4 nitrogen and oxygen atoms in total. The summed E-state index contributed by atoms with van der Waals surface area (Å²) in [5.41, 5.74) is 3.24. The second kappa shape index (κ2) is 9.12. The number of anilines is 1. The average Bonchev–Trinajstić information content (AvgIpc) is 2.61. The van der Waals surface area contributed by atoms with Crippen LogP contribution in [0, 0.1) is 0 Å². The number of hydrazone groups is 1. The summed E-state index contributed by atoms with van der Waals surface area (Å²) in [7, 11) is 0. The van der Waals surface area contributed by atoms with E-state index in [0.717, 1.165) is 24.1 Å². The van der Waals surface area contributed by atoms with Crippen LogP contribution in [0.5, 0.6) is 11.5 Å². The molecule has 0 saturated heterocycles. The van der Waals surface area contributed by atoms with Crippen LogP contribution >= 0.6 is 0 Å². The van der Waals surface area contributed by atoms with Crippen molar-refractivity contribution in [3.05, 3.63) is 53.6 Å². The summed E-state index contributed by atoms with van der Waals surface area (Å²) in [6.45, 7) is 5.01. The fraction of sp³-hybridized carbons (Fsp3) is 0.316. The molecule has 7 heteroatoms. The number of rotatable bonds is 8. The summed E-state index contributed by atoms with van der Waals surface area (Å²) in [5.74, 6) is 1.29. The van der Waals surface area contributed by atoms with E-state index in [-0.39, 0.29) is 0 Å². The molecule has 0 heterocycles. The predicted octanol–water partition coefficient (Wildman–Crippen LogP) is 5.34. The third kappa shape index (κ3) is 5.68. The highest BCUT2D eigenvalue weighted by Gasteiger charge is 2.29. The topological polar surface area (TPSA) is 42.8 Å². The molecule has 0 aromatic heterocycles. The van der Waals surface area contributed by atoms with Crippen LogP contribution < -0.4 is 14.9 Å². The molecule has 1 N–H and O–H groups in total. The molecule has 2 aromatic carbocycles. The Balaban J connectivity index is 2.04. The Bertz CT molecular complexity index is 729. The number of nitrogens with zero attached hydrogens (tertiary/aromatic N) is 1. The Morgan fingerprint density at radius 1 is 1.00 bits per heavy atom. The van der Waals surface area contributed by atoms with Crippen molar-refractivity contribution in [3.8, 4) is 11.5 Å². The molecule has 26 heavy (non-hydrogen) atoms. The van der Waals surface area contributed by atoms with Gasteiger partial charge >= 0.3 is 6.18 Å². The molecule has 0 aliphatic rings. The van der Waals surface area contributed by atoms with Gasteiger partial charge in [-0.25, -0.2) is 0 Å². The molecule has 2 aromatic rings. The highest BCUT2D eigenvalue weighted by Crippen LogP contribution is 2.30. The van der Waals surface area contributed by atoms with Crippen molar-refractivity contribution in [2.24, 2.45) is 5.10 Å². The first-order valence-corrected chi connectivity index (χ1v) is 8.30. The average molecular weight is 366 g/mol. The van der Waals surface area contributed by atoms with Crippen LogP contribution in [0.15, 0.2) is 47.6 Å². The zero-order chi connectivity index (χ0) is 19.0. The third-order valence-corrected chi connectivity index (χ3v) is 3.35. The standard InChI is InChI=1S/C19H21F3N2O2/c1-3-11-26-17-10-5-14(12-18(17)25-4-2)13-23-24-16-8-6-15(7-9-16)19(20,21)22/h5-10,12-13,24H,3-4,11H2,1-2H3. The molecular formula is C19H21F3N2O2. The highest BCUT2D eigenvalue weighted by atomic mass is 19.4. The van der Waals surface area contributed by atoms with E-state index < -0.39 is 11.7 Å². The maximum absolute atomic E-state index is 12.5. The molecule has 0 aliphatic carbocycles. The lowest BCUT2D eigenvalue weighted by Gasteiger charge is -2.11. The number of alkyl halides is 3.